The van der Waals surface area contributed by atoms with Gasteiger partial charge in [-0.05, 0) is 48.8 Å². The fourth-order valence-electron chi connectivity index (χ4n) is 3.21. The predicted molar refractivity (Wildman–Crippen MR) is 112 cm³/mol. The van der Waals surface area contributed by atoms with E-state index in [-0.39, 0.29) is 5.91 Å². The Morgan fingerprint density at radius 1 is 1.03 bits per heavy atom. The molecule has 1 atom stereocenters. The van der Waals surface area contributed by atoms with Gasteiger partial charge in [-0.3, -0.25) is 24.1 Å². The van der Waals surface area contributed by atoms with E-state index in [2.05, 4.69) is 10.6 Å². The number of imide groups is 1. The Hall–Kier alpha value is -3.13. The highest BCUT2D eigenvalue weighted by atomic mass is 32.2. The van der Waals surface area contributed by atoms with Crippen LogP contribution in [0.5, 0.6) is 0 Å². The lowest BCUT2D eigenvalue weighted by Gasteiger charge is -2.25. The number of hydrogen-bond acceptors (Lipinski definition) is 5. The summed E-state index contributed by atoms with van der Waals surface area (Å²) in [5, 5.41) is 5.27. The van der Waals surface area contributed by atoms with Gasteiger partial charge >= 0.3 is 0 Å². The molecule has 8 heteroatoms. The highest BCUT2D eigenvalue weighted by Gasteiger charge is 2.42. The zero-order valence-corrected chi connectivity index (χ0v) is 16.9. The monoisotopic (exact) mass is 411 g/mol. The molecule has 4 amide bonds. The molecule has 1 heterocycles. The van der Waals surface area contributed by atoms with E-state index in [1.54, 1.807) is 48.5 Å². The highest BCUT2D eigenvalue weighted by molar-refractivity contribution is 7.98. The van der Waals surface area contributed by atoms with Gasteiger partial charge in [-0.15, -0.1) is 0 Å². The Morgan fingerprint density at radius 2 is 1.69 bits per heavy atom. The van der Waals surface area contributed by atoms with Crippen LogP contribution in [0.2, 0.25) is 0 Å². The van der Waals surface area contributed by atoms with Crippen molar-refractivity contribution in [2.24, 2.45) is 0 Å². The quantitative estimate of drug-likeness (QED) is 0.682. The summed E-state index contributed by atoms with van der Waals surface area (Å²) >= 11 is 1.53. The molecule has 0 fully saturated rings. The molecule has 150 valence electrons. The van der Waals surface area contributed by atoms with Crippen LogP contribution in [0.3, 0.4) is 0 Å². The maximum atomic E-state index is 13.0. The van der Waals surface area contributed by atoms with Gasteiger partial charge in [0.1, 0.15) is 6.04 Å². The molecule has 0 bridgehead atoms. The SMILES string of the molecule is CNC(=O)c1cccc(NC(=O)C(CCSC)N2C(=O)c3ccccc3C2=O)c1. The van der Waals surface area contributed by atoms with Crippen molar-refractivity contribution in [1.82, 2.24) is 10.2 Å². The number of carbonyl (C=O) groups is 4. The molecule has 1 aliphatic rings. The first-order valence-corrected chi connectivity index (χ1v) is 10.5. The highest BCUT2D eigenvalue weighted by Crippen LogP contribution is 2.27. The summed E-state index contributed by atoms with van der Waals surface area (Å²) in [6, 6.07) is 12.1. The van der Waals surface area contributed by atoms with Gasteiger partial charge in [0, 0.05) is 18.3 Å². The number of amides is 4. The Labute approximate surface area is 172 Å². The number of fused-ring (bicyclic) bond motifs is 1. The van der Waals surface area contributed by atoms with E-state index in [4.69, 9.17) is 0 Å². The van der Waals surface area contributed by atoms with Crippen LogP contribution in [0.25, 0.3) is 0 Å². The van der Waals surface area contributed by atoms with E-state index in [9.17, 15) is 19.2 Å². The van der Waals surface area contributed by atoms with E-state index in [1.165, 1.54) is 18.8 Å². The van der Waals surface area contributed by atoms with Crippen molar-refractivity contribution < 1.29 is 19.2 Å². The molecule has 0 radical (unpaired) electrons. The molecule has 1 aliphatic heterocycles. The number of nitrogens with zero attached hydrogens (tertiary/aromatic N) is 1. The van der Waals surface area contributed by atoms with E-state index in [0.717, 1.165) is 4.90 Å². The number of nitrogens with one attached hydrogen (secondary N) is 2. The molecule has 0 aliphatic carbocycles. The first kappa shape index (κ1) is 20.6. The van der Waals surface area contributed by atoms with Crippen LogP contribution in [0.15, 0.2) is 48.5 Å². The zero-order valence-electron chi connectivity index (χ0n) is 16.1. The van der Waals surface area contributed by atoms with Crippen LogP contribution in [-0.2, 0) is 4.79 Å². The smallest absolute Gasteiger partial charge is 0.262 e. The van der Waals surface area contributed by atoms with Gasteiger partial charge in [-0.1, -0.05) is 18.2 Å². The summed E-state index contributed by atoms with van der Waals surface area (Å²) in [5.74, 6) is -1.08. The zero-order chi connectivity index (χ0) is 21.0. The molecule has 0 aromatic heterocycles. The van der Waals surface area contributed by atoms with Crippen LogP contribution in [0, 0.1) is 0 Å². The van der Waals surface area contributed by atoms with Gasteiger partial charge < -0.3 is 10.6 Å². The van der Waals surface area contributed by atoms with Gasteiger partial charge in [0.2, 0.25) is 5.91 Å². The summed E-state index contributed by atoms with van der Waals surface area (Å²) in [4.78, 5) is 51.5. The molecule has 7 nitrogen and oxygen atoms in total. The predicted octanol–water partition coefficient (Wildman–Crippen LogP) is 2.40. The van der Waals surface area contributed by atoms with Crippen molar-refractivity contribution in [3.05, 3.63) is 65.2 Å². The van der Waals surface area contributed by atoms with Crippen molar-refractivity contribution in [3.63, 3.8) is 0 Å². The summed E-state index contributed by atoms with van der Waals surface area (Å²) in [5.41, 5.74) is 1.43. The summed E-state index contributed by atoms with van der Waals surface area (Å²) in [7, 11) is 1.52. The van der Waals surface area contributed by atoms with E-state index in [1.807, 2.05) is 6.26 Å². The third kappa shape index (κ3) is 4.17. The van der Waals surface area contributed by atoms with Crippen LogP contribution < -0.4 is 10.6 Å². The second-order valence-electron chi connectivity index (χ2n) is 6.47. The summed E-state index contributed by atoms with van der Waals surface area (Å²) < 4.78 is 0. The Kier molecular flexibility index (Phi) is 6.33. The molecule has 0 saturated heterocycles. The molecular weight excluding hydrogens is 390 g/mol. The standard InChI is InChI=1S/C21H21N3O4S/c1-22-18(25)13-6-5-7-14(12-13)23-19(26)17(10-11-29-2)24-20(27)15-8-3-4-9-16(15)21(24)28/h3-9,12,17H,10-11H2,1-2H3,(H,22,25)(H,23,26). The number of thioether (sulfide) groups is 1. The molecule has 0 spiro atoms. The van der Waals surface area contributed by atoms with Crippen LogP contribution in [0.1, 0.15) is 37.5 Å². The van der Waals surface area contributed by atoms with Crippen molar-refractivity contribution in [3.8, 4) is 0 Å². The molecule has 2 aromatic rings. The average Bonchev–Trinajstić information content (AvgIpc) is 2.99. The number of rotatable bonds is 7. The van der Waals surface area contributed by atoms with Crippen molar-refractivity contribution in [1.29, 1.82) is 0 Å². The fraction of sp³-hybridized carbons (Fsp3) is 0.238. The molecule has 0 saturated carbocycles. The van der Waals surface area contributed by atoms with Gasteiger partial charge in [0.25, 0.3) is 17.7 Å². The third-order valence-electron chi connectivity index (χ3n) is 4.65. The lowest BCUT2D eigenvalue weighted by Crippen LogP contribution is -2.47. The molecular formula is C21H21N3O4S. The van der Waals surface area contributed by atoms with Gasteiger partial charge in [0.15, 0.2) is 0 Å². The minimum absolute atomic E-state index is 0.277. The molecule has 29 heavy (non-hydrogen) atoms. The topological polar surface area (TPSA) is 95.6 Å². The maximum absolute atomic E-state index is 13.0. The first-order valence-electron chi connectivity index (χ1n) is 9.06. The van der Waals surface area contributed by atoms with Gasteiger partial charge in [-0.2, -0.15) is 11.8 Å². The Balaban J connectivity index is 1.86. The Bertz CT molecular complexity index is 941. The summed E-state index contributed by atoms with van der Waals surface area (Å²) in [6.45, 7) is 0. The fourth-order valence-corrected chi connectivity index (χ4v) is 3.66. The van der Waals surface area contributed by atoms with Crippen LogP contribution in [0.4, 0.5) is 5.69 Å². The minimum atomic E-state index is -0.946. The van der Waals surface area contributed by atoms with Crippen LogP contribution >= 0.6 is 11.8 Å². The van der Waals surface area contributed by atoms with Crippen LogP contribution in [-0.4, -0.2) is 53.6 Å². The van der Waals surface area contributed by atoms with E-state index in [0.29, 0.717) is 34.6 Å². The van der Waals surface area contributed by atoms with E-state index < -0.39 is 23.8 Å². The van der Waals surface area contributed by atoms with Crippen molar-refractivity contribution >= 4 is 41.1 Å². The number of carbonyl (C=O) groups excluding carboxylic acids is 4. The third-order valence-corrected chi connectivity index (χ3v) is 5.30. The molecule has 1 unspecified atom stereocenters. The first-order chi connectivity index (χ1) is 14.0. The normalized spacial score (nSPS) is 13.8. The second kappa shape index (κ2) is 8.91. The molecule has 2 N–H and O–H groups in total. The lowest BCUT2D eigenvalue weighted by atomic mass is 10.1. The van der Waals surface area contributed by atoms with Gasteiger partial charge in [0.05, 0.1) is 11.1 Å². The van der Waals surface area contributed by atoms with E-state index >= 15 is 0 Å². The van der Waals surface area contributed by atoms with Gasteiger partial charge in [-0.25, -0.2) is 0 Å². The average molecular weight is 411 g/mol. The Morgan fingerprint density at radius 3 is 2.28 bits per heavy atom. The minimum Gasteiger partial charge on any atom is -0.355 e. The maximum Gasteiger partial charge on any atom is 0.262 e. The summed E-state index contributed by atoms with van der Waals surface area (Å²) in [6.07, 6.45) is 2.22. The largest absolute Gasteiger partial charge is 0.355 e. The molecule has 3 rings (SSSR count). The molecule has 2 aromatic carbocycles. The van der Waals surface area contributed by atoms with Crippen molar-refractivity contribution in [2.75, 3.05) is 24.4 Å². The number of benzene rings is 2. The van der Waals surface area contributed by atoms with Crippen molar-refractivity contribution in [2.45, 2.75) is 12.5 Å². The number of anilines is 1. The number of hydrogen-bond donors (Lipinski definition) is 2. The lowest BCUT2D eigenvalue weighted by molar-refractivity contribution is -0.120. The second-order valence-corrected chi connectivity index (χ2v) is 7.46.